The second-order valence-corrected chi connectivity index (χ2v) is 4.94. The predicted molar refractivity (Wildman–Crippen MR) is 80.9 cm³/mol. The van der Waals surface area contributed by atoms with Crippen molar-refractivity contribution < 1.29 is 3.89 Å². The van der Waals surface area contributed by atoms with Gasteiger partial charge in [-0.1, -0.05) is 19.1 Å². The van der Waals surface area contributed by atoms with E-state index in [1.54, 1.807) is 6.20 Å². The normalized spacial score (nSPS) is 11.1. The summed E-state index contributed by atoms with van der Waals surface area (Å²) in [6.07, 6.45) is 2.39. The van der Waals surface area contributed by atoms with E-state index in [4.69, 9.17) is 5.73 Å². The number of nitrogens with zero attached hydrogens (tertiary/aromatic N) is 3. The Labute approximate surface area is 120 Å². The highest BCUT2D eigenvalue weighted by molar-refractivity contribution is 7.92. The van der Waals surface area contributed by atoms with Crippen LogP contribution in [0.1, 0.15) is 12.6 Å². The van der Waals surface area contributed by atoms with Gasteiger partial charge in [0.25, 0.3) is 0 Å². The molecule has 0 saturated heterocycles. The first-order valence-corrected chi connectivity index (χ1v) is 6.93. The zero-order valence-electron chi connectivity index (χ0n) is 10.9. The maximum Gasteiger partial charge on any atom is 0.188 e. The Hall–Kier alpha value is -2.08. The molecule has 2 heterocycles. The molecule has 0 bridgehead atoms. The van der Waals surface area contributed by atoms with Crippen LogP contribution in [0, 0.1) is 0 Å². The van der Waals surface area contributed by atoms with Crippen molar-refractivity contribution in [2.45, 2.75) is 13.3 Å². The molecule has 1 aromatic carbocycles. The van der Waals surface area contributed by atoms with Gasteiger partial charge >= 0.3 is 0 Å². The molecule has 6 heteroatoms. The lowest BCUT2D eigenvalue weighted by atomic mass is 10.1. The van der Waals surface area contributed by atoms with Gasteiger partial charge in [-0.25, -0.2) is 0 Å². The number of hydrogen-bond acceptors (Lipinski definition) is 4. The second-order valence-electron chi connectivity index (χ2n) is 4.45. The minimum Gasteiger partial charge on any atom is -0.399 e. The number of rotatable bonds is 3. The van der Waals surface area contributed by atoms with E-state index in [1.807, 2.05) is 37.3 Å². The average molecular weight is 288 g/mol. The smallest absolute Gasteiger partial charge is 0.188 e. The van der Waals surface area contributed by atoms with Crippen molar-refractivity contribution in [2.24, 2.45) is 0 Å². The fraction of sp³-hybridized carbons (Fsp3) is 0.143. The Morgan fingerprint density at radius 3 is 2.90 bits per heavy atom. The van der Waals surface area contributed by atoms with E-state index in [2.05, 4.69) is 10.1 Å². The van der Waals surface area contributed by atoms with Gasteiger partial charge in [0.05, 0.1) is 17.6 Å². The summed E-state index contributed by atoms with van der Waals surface area (Å²) in [7, 11) is 0. The molecule has 0 unspecified atom stereocenters. The van der Waals surface area contributed by atoms with Gasteiger partial charge in [-0.15, -0.1) is 3.89 Å². The van der Waals surface area contributed by atoms with Crippen molar-refractivity contribution >= 4 is 28.9 Å². The maximum absolute atomic E-state index is 12.9. The van der Waals surface area contributed by atoms with Crippen LogP contribution in [0.5, 0.6) is 0 Å². The molecule has 4 nitrogen and oxygen atoms in total. The van der Waals surface area contributed by atoms with Crippen molar-refractivity contribution in [3.63, 3.8) is 0 Å². The second kappa shape index (κ2) is 5.13. The lowest BCUT2D eigenvalue weighted by molar-refractivity contribution is 0.869. The van der Waals surface area contributed by atoms with Crippen molar-refractivity contribution in [3.8, 4) is 11.3 Å². The van der Waals surface area contributed by atoms with Gasteiger partial charge in [-0.05, 0) is 24.6 Å². The Kier molecular flexibility index (Phi) is 3.31. The number of aromatic nitrogens is 3. The molecule has 0 saturated carbocycles. The summed E-state index contributed by atoms with van der Waals surface area (Å²) in [6.45, 7) is 2.00. The molecule has 0 spiro atoms. The van der Waals surface area contributed by atoms with Crippen LogP contribution in [0.15, 0.2) is 36.5 Å². The largest absolute Gasteiger partial charge is 0.399 e. The van der Waals surface area contributed by atoms with E-state index in [1.165, 1.54) is 4.09 Å². The summed E-state index contributed by atoms with van der Waals surface area (Å²) in [5.41, 5.74) is 9.77. The van der Waals surface area contributed by atoms with Crippen LogP contribution in [0.3, 0.4) is 0 Å². The summed E-state index contributed by atoms with van der Waals surface area (Å²) >= 11 is 0.0842. The van der Waals surface area contributed by atoms with E-state index in [9.17, 15) is 3.89 Å². The molecule has 2 aromatic heterocycles. The highest BCUT2D eigenvalue weighted by Crippen LogP contribution is 2.27. The molecule has 0 aliphatic heterocycles. The third-order valence-electron chi connectivity index (χ3n) is 3.19. The molecule has 0 atom stereocenters. The fourth-order valence-corrected chi connectivity index (χ4v) is 2.57. The third kappa shape index (κ3) is 2.12. The van der Waals surface area contributed by atoms with Gasteiger partial charge in [0, 0.05) is 16.6 Å². The lowest BCUT2D eigenvalue weighted by Gasteiger charge is -2.03. The van der Waals surface area contributed by atoms with Crippen LogP contribution >= 0.6 is 12.3 Å². The van der Waals surface area contributed by atoms with Crippen LogP contribution in [0.4, 0.5) is 9.57 Å². The SMILES string of the molecule is CCc1nn(SF)c2cnc(-c3cccc(N)c3)cc12. The lowest BCUT2D eigenvalue weighted by Crippen LogP contribution is -1.89. The summed E-state index contributed by atoms with van der Waals surface area (Å²) in [5.74, 6) is 0. The quantitative estimate of drug-likeness (QED) is 0.748. The predicted octanol–water partition coefficient (Wildman–Crippen LogP) is 3.62. The molecule has 102 valence electrons. The first kappa shape index (κ1) is 12.9. The Balaban J connectivity index is 2.19. The summed E-state index contributed by atoms with van der Waals surface area (Å²) in [5, 5.41) is 5.14. The number of nitrogen functional groups attached to an aromatic ring is 1. The summed E-state index contributed by atoms with van der Waals surface area (Å²) < 4.78 is 14.1. The number of aryl methyl sites for hydroxylation is 1. The van der Waals surface area contributed by atoms with Gasteiger partial charge in [0.2, 0.25) is 0 Å². The van der Waals surface area contributed by atoms with E-state index >= 15 is 0 Å². The molecule has 0 aliphatic rings. The van der Waals surface area contributed by atoms with E-state index < -0.39 is 0 Å². The number of benzene rings is 1. The van der Waals surface area contributed by atoms with Gasteiger partial charge in [-0.2, -0.15) is 9.19 Å². The minimum atomic E-state index is 0.0842. The van der Waals surface area contributed by atoms with Crippen LogP contribution in [0.2, 0.25) is 0 Å². The Bertz CT molecular complexity index is 769. The molecule has 0 radical (unpaired) electrons. The number of hydrogen-bond donors (Lipinski definition) is 1. The highest BCUT2D eigenvalue weighted by atomic mass is 32.2. The highest BCUT2D eigenvalue weighted by Gasteiger charge is 2.12. The third-order valence-corrected chi connectivity index (χ3v) is 3.60. The molecule has 0 amide bonds. The van der Waals surface area contributed by atoms with Crippen LogP contribution in [0.25, 0.3) is 22.2 Å². The number of pyridine rings is 1. The molecule has 20 heavy (non-hydrogen) atoms. The van der Waals surface area contributed by atoms with E-state index in [-0.39, 0.29) is 12.3 Å². The monoisotopic (exact) mass is 288 g/mol. The first-order chi connectivity index (χ1) is 9.72. The summed E-state index contributed by atoms with van der Waals surface area (Å²) in [4.78, 5) is 4.38. The average Bonchev–Trinajstić information content (AvgIpc) is 2.84. The molecular formula is C14H13FN4S. The van der Waals surface area contributed by atoms with Crippen molar-refractivity contribution in [1.29, 1.82) is 0 Å². The van der Waals surface area contributed by atoms with Gasteiger partial charge < -0.3 is 5.73 Å². The summed E-state index contributed by atoms with van der Waals surface area (Å²) in [6, 6.07) is 9.47. The van der Waals surface area contributed by atoms with Crippen molar-refractivity contribution in [2.75, 3.05) is 5.73 Å². The molecular weight excluding hydrogens is 275 g/mol. The van der Waals surface area contributed by atoms with E-state index in [0.29, 0.717) is 11.2 Å². The number of anilines is 1. The zero-order chi connectivity index (χ0) is 14.1. The topological polar surface area (TPSA) is 56.7 Å². The maximum atomic E-state index is 12.9. The Morgan fingerprint density at radius 2 is 2.20 bits per heavy atom. The minimum absolute atomic E-state index is 0.0842. The van der Waals surface area contributed by atoms with Gasteiger partial charge in [-0.3, -0.25) is 4.98 Å². The van der Waals surface area contributed by atoms with Crippen LogP contribution < -0.4 is 5.73 Å². The Morgan fingerprint density at radius 1 is 1.35 bits per heavy atom. The van der Waals surface area contributed by atoms with Crippen molar-refractivity contribution in [3.05, 3.63) is 42.2 Å². The fourth-order valence-electron chi connectivity index (χ4n) is 2.22. The first-order valence-electron chi connectivity index (χ1n) is 6.25. The number of halogens is 1. The van der Waals surface area contributed by atoms with Gasteiger partial charge in [0.15, 0.2) is 12.3 Å². The van der Waals surface area contributed by atoms with Crippen molar-refractivity contribution in [1.82, 2.24) is 14.2 Å². The number of fused-ring (bicyclic) bond motifs is 1. The van der Waals surface area contributed by atoms with E-state index in [0.717, 1.165) is 28.8 Å². The molecule has 3 rings (SSSR count). The van der Waals surface area contributed by atoms with Gasteiger partial charge in [0.1, 0.15) is 5.52 Å². The zero-order valence-corrected chi connectivity index (χ0v) is 11.7. The molecule has 0 fully saturated rings. The van der Waals surface area contributed by atoms with Crippen LogP contribution in [-0.4, -0.2) is 14.2 Å². The molecule has 2 N–H and O–H groups in total. The molecule has 0 aliphatic carbocycles. The number of nitrogens with two attached hydrogens (primary N) is 1. The molecule has 3 aromatic rings. The van der Waals surface area contributed by atoms with Crippen LogP contribution in [-0.2, 0) is 6.42 Å². The standard InChI is InChI=1S/C14H13FN4S/c1-2-12-11-7-13(9-4-3-5-10(16)6-9)17-8-14(11)19(18-12)20-15/h3-8H,2,16H2,1H3.